The molecule has 0 saturated carbocycles. The Morgan fingerprint density at radius 2 is 1.90 bits per heavy atom. The van der Waals surface area contributed by atoms with Gasteiger partial charge in [0.25, 0.3) is 5.91 Å². The first-order valence-electron chi connectivity index (χ1n) is 6.91. The van der Waals surface area contributed by atoms with Crippen molar-refractivity contribution in [1.82, 2.24) is 0 Å². The maximum absolute atomic E-state index is 10.6. The molecule has 0 aliphatic heterocycles. The van der Waals surface area contributed by atoms with E-state index < -0.39 is 5.91 Å². The number of amides is 1. The van der Waals surface area contributed by atoms with Crippen molar-refractivity contribution in [2.45, 2.75) is 26.7 Å². The van der Waals surface area contributed by atoms with E-state index in [1.165, 1.54) is 0 Å². The summed E-state index contributed by atoms with van der Waals surface area (Å²) in [6.07, 6.45) is 1.85. The van der Waals surface area contributed by atoms with Crippen LogP contribution in [-0.4, -0.2) is 30.8 Å². The summed E-state index contributed by atoms with van der Waals surface area (Å²) in [5.74, 6) is 0.111. The molecule has 5 heteroatoms. The average molecular weight is 280 g/mol. The predicted octanol–water partition coefficient (Wildman–Crippen LogP) is 1.76. The summed E-state index contributed by atoms with van der Waals surface area (Å²) in [5, 5.41) is 12.8. The topological polar surface area (TPSA) is 84.6 Å². The number of carbonyl (C=O) groups excluding carboxylic acids is 1. The third kappa shape index (κ3) is 4.74. The molecule has 0 saturated heterocycles. The second kappa shape index (κ2) is 7.75. The molecule has 1 aromatic rings. The zero-order chi connectivity index (χ0) is 15.0. The fourth-order valence-electron chi connectivity index (χ4n) is 1.89. The Morgan fingerprint density at radius 3 is 2.35 bits per heavy atom. The van der Waals surface area contributed by atoms with Gasteiger partial charge >= 0.3 is 0 Å². The first kappa shape index (κ1) is 16.3. The van der Waals surface area contributed by atoms with Crippen LogP contribution in [0.5, 0.6) is 5.75 Å². The minimum Gasteiger partial charge on any atom is -0.484 e. The molecule has 1 rings (SSSR count). The molecule has 0 aromatic heterocycles. The van der Waals surface area contributed by atoms with Crippen LogP contribution in [0.3, 0.4) is 0 Å². The SMILES string of the molecule is CCC(CC)(CO)CNc1ccc(OCC(N)=O)cc1. The zero-order valence-corrected chi connectivity index (χ0v) is 12.2. The van der Waals surface area contributed by atoms with E-state index in [1.54, 1.807) is 12.1 Å². The van der Waals surface area contributed by atoms with Gasteiger partial charge in [-0.2, -0.15) is 0 Å². The molecule has 0 atom stereocenters. The second-order valence-electron chi connectivity index (χ2n) is 5.00. The van der Waals surface area contributed by atoms with E-state index in [0.717, 1.165) is 25.1 Å². The number of anilines is 1. The van der Waals surface area contributed by atoms with E-state index in [2.05, 4.69) is 19.2 Å². The summed E-state index contributed by atoms with van der Waals surface area (Å²) in [5.41, 5.74) is 5.88. The van der Waals surface area contributed by atoms with E-state index >= 15 is 0 Å². The summed E-state index contributed by atoms with van der Waals surface area (Å²) in [6.45, 7) is 4.95. The fraction of sp³-hybridized carbons (Fsp3) is 0.533. The monoisotopic (exact) mass is 280 g/mol. The van der Waals surface area contributed by atoms with E-state index in [9.17, 15) is 9.90 Å². The van der Waals surface area contributed by atoms with Gasteiger partial charge in [-0.25, -0.2) is 0 Å². The lowest BCUT2D eigenvalue weighted by atomic mass is 9.83. The Labute approximate surface area is 120 Å². The Balaban J connectivity index is 2.55. The number of rotatable bonds is 9. The van der Waals surface area contributed by atoms with Crippen LogP contribution in [0, 0.1) is 5.41 Å². The number of benzene rings is 1. The minimum atomic E-state index is -0.495. The Kier molecular flexibility index (Phi) is 6.31. The number of primary amides is 1. The maximum atomic E-state index is 10.6. The molecule has 0 unspecified atom stereocenters. The van der Waals surface area contributed by atoms with Gasteiger partial charge in [-0.1, -0.05) is 13.8 Å². The number of nitrogens with one attached hydrogen (secondary N) is 1. The summed E-state index contributed by atoms with van der Waals surface area (Å²) in [7, 11) is 0. The smallest absolute Gasteiger partial charge is 0.255 e. The van der Waals surface area contributed by atoms with Crippen molar-refractivity contribution in [3.63, 3.8) is 0 Å². The van der Waals surface area contributed by atoms with Gasteiger partial charge in [0.1, 0.15) is 5.75 Å². The first-order chi connectivity index (χ1) is 9.55. The summed E-state index contributed by atoms with van der Waals surface area (Å²) >= 11 is 0. The molecule has 0 bridgehead atoms. The number of hydrogen-bond acceptors (Lipinski definition) is 4. The van der Waals surface area contributed by atoms with E-state index in [4.69, 9.17) is 10.5 Å². The Morgan fingerprint density at radius 1 is 1.30 bits per heavy atom. The van der Waals surface area contributed by atoms with E-state index in [1.807, 2.05) is 12.1 Å². The van der Waals surface area contributed by atoms with Crippen molar-refractivity contribution in [3.05, 3.63) is 24.3 Å². The molecule has 0 spiro atoms. The summed E-state index contributed by atoms with van der Waals surface area (Å²) in [6, 6.07) is 7.32. The third-order valence-electron chi connectivity index (χ3n) is 3.74. The molecule has 0 heterocycles. The van der Waals surface area contributed by atoms with Gasteiger partial charge in [-0.15, -0.1) is 0 Å². The molecule has 4 N–H and O–H groups in total. The van der Waals surface area contributed by atoms with Crippen LogP contribution in [0.2, 0.25) is 0 Å². The first-order valence-corrected chi connectivity index (χ1v) is 6.91. The number of nitrogens with two attached hydrogens (primary N) is 1. The quantitative estimate of drug-likeness (QED) is 0.643. The van der Waals surface area contributed by atoms with Crippen LogP contribution in [-0.2, 0) is 4.79 Å². The van der Waals surface area contributed by atoms with Gasteiger partial charge < -0.3 is 20.9 Å². The molecule has 0 fully saturated rings. The number of ether oxygens (including phenoxy) is 1. The van der Waals surface area contributed by atoms with Crippen molar-refractivity contribution in [2.24, 2.45) is 11.1 Å². The molecule has 5 nitrogen and oxygen atoms in total. The van der Waals surface area contributed by atoms with E-state index in [-0.39, 0.29) is 18.6 Å². The summed E-state index contributed by atoms with van der Waals surface area (Å²) < 4.78 is 5.19. The largest absolute Gasteiger partial charge is 0.484 e. The molecule has 0 aliphatic carbocycles. The molecule has 0 radical (unpaired) electrons. The van der Waals surface area contributed by atoms with Crippen LogP contribution in [0.15, 0.2) is 24.3 Å². The van der Waals surface area contributed by atoms with Gasteiger partial charge in [0, 0.05) is 17.6 Å². The maximum Gasteiger partial charge on any atom is 0.255 e. The Hall–Kier alpha value is -1.75. The predicted molar refractivity (Wildman–Crippen MR) is 79.7 cm³/mol. The van der Waals surface area contributed by atoms with Crippen molar-refractivity contribution in [2.75, 3.05) is 25.1 Å². The lowest BCUT2D eigenvalue weighted by Crippen LogP contribution is -2.32. The standard InChI is InChI=1S/C15H24N2O3/c1-3-15(4-2,11-18)10-17-12-5-7-13(8-6-12)20-9-14(16)19/h5-8,17-18H,3-4,9-11H2,1-2H3,(H2,16,19). The summed E-state index contributed by atoms with van der Waals surface area (Å²) in [4.78, 5) is 10.6. The molecule has 1 aromatic carbocycles. The third-order valence-corrected chi connectivity index (χ3v) is 3.74. The minimum absolute atomic E-state index is 0.0822. The molecule has 0 aliphatic rings. The molecule has 112 valence electrons. The highest BCUT2D eigenvalue weighted by Crippen LogP contribution is 2.26. The number of aliphatic hydroxyl groups excluding tert-OH is 1. The van der Waals surface area contributed by atoms with Gasteiger partial charge in [-0.05, 0) is 37.1 Å². The van der Waals surface area contributed by atoms with Gasteiger partial charge in [0.2, 0.25) is 0 Å². The average Bonchev–Trinajstić information content (AvgIpc) is 2.48. The molecule has 1 amide bonds. The fourth-order valence-corrected chi connectivity index (χ4v) is 1.89. The lowest BCUT2D eigenvalue weighted by Gasteiger charge is -2.30. The molecular formula is C15H24N2O3. The van der Waals surface area contributed by atoms with Crippen LogP contribution in [0.25, 0.3) is 0 Å². The number of hydrogen-bond donors (Lipinski definition) is 3. The number of aliphatic hydroxyl groups is 1. The van der Waals surface area contributed by atoms with Crippen LogP contribution in [0.1, 0.15) is 26.7 Å². The lowest BCUT2D eigenvalue weighted by molar-refractivity contribution is -0.119. The Bertz CT molecular complexity index is 405. The van der Waals surface area contributed by atoms with Crippen LogP contribution in [0.4, 0.5) is 5.69 Å². The van der Waals surface area contributed by atoms with Crippen LogP contribution >= 0.6 is 0 Å². The second-order valence-corrected chi connectivity index (χ2v) is 5.00. The van der Waals surface area contributed by atoms with Crippen molar-refractivity contribution >= 4 is 11.6 Å². The van der Waals surface area contributed by atoms with E-state index in [0.29, 0.717) is 5.75 Å². The highest BCUT2D eigenvalue weighted by Gasteiger charge is 2.24. The van der Waals surface area contributed by atoms with Crippen LogP contribution < -0.4 is 15.8 Å². The molecule has 20 heavy (non-hydrogen) atoms. The highest BCUT2D eigenvalue weighted by molar-refractivity contribution is 5.75. The van der Waals surface area contributed by atoms with Gasteiger partial charge in [-0.3, -0.25) is 4.79 Å². The number of carbonyl (C=O) groups is 1. The highest BCUT2D eigenvalue weighted by atomic mass is 16.5. The zero-order valence-electron chi connectivity index (χ0n) is 12.2. The molecular weight excluding hydrogens is 256 g/mol. The van der Waals surface area contributed by atoms with Gasteiger partial charge in [0.05, 0.1) is 6.61 Å². The van der Waals surface area contributed by atoms with Crippen molar-refractivity contribution < 1.29 is 14.6 Å². The van der Waals surface area contributed by atoms with Crippen molar-refractivity contribution in [1.29, 1.82) is 0 Å². The van der Waals surface area contributed by atoms with Gasteiger partial charge in [0.15, 0.2) is 6.61 Å². The van der Waals surface area contributed by atoms with Crippen molar-refractivity contribution in [3.8, 4) is 5.75 Å². The normalized spacial score (nSPS) is 11.2.